The number of likely N-dealkylation sites (tertiary alicyclic amines) is 1. The molecule has 25 heavy (non-hydrogen) atoms. The maximum atomic E-state index is 12.6. The third kappa shape index (κ3) is 4.88. The van der Waals surface area contributed by atoms with Crippen LogP contribution in [0.1, 0.15) is 44.0 Å². The van der Waals surface area contributed by atoms with Gasteiger partial charge in [0.05, 0.1) is 14.2 Å². The van der Waals surface area contributed by atoms with Crippen molar-refractivity contribution in [3.05, 3.63) is 22.2 Å². The molecule has 0 aromatic heterocycles. The maximum absolute atomic E-state index is 12.6. The van der Waals surface area contributed by atoms with Crippen LogP contribution in [0.5, 0.6) is 11.5 Å². The van der Waals surface area contributed by atoms with Gasteiger partial charge in [-0.05, 0) is 67.2 Å². The first-order valence-electron chi connectivity index (χ1n) is 8.73. The molecule has 1 unspecified atom stereocenters. The van der Waals surface area contributed by atoms with Gasteiger partial charge in [-0.15, -0.1) is 0 Å². The van der Waals surface area contributed by atoms with Crippen molar-refractivity contribution in [1.82, 2.24) is 10.2 Å². The van der Waals surface area contributed by atoms with Gasteiger partial charge in [-0.3, -0.25) is 9.69 Å². The number of halogens is 1. The molecular formula is C19H29BrN2O3. The predicted molar refractivity (Wildman–Crippen MR) is 104 cm³/mol. The van der Waals surface area contributed by atoms with Crippen molar-refractivity contribution in [1.29, 1.82) is 0 Å². The number of nitrogens with zero attached hydrogens (tertiary/aromatic N) is 1. The molecule has 0 radical (unpaired) electrons. The molecule has 2 rings (SSSR count). The van der Waals surface area contributed by atoms with Crippen LogP contribution < -0.4 is 14.8 Å². The molecule has 0 bridgehead atoms. The molecule has 1 atom stereocenters. The Hall–Kier alpha value is -1.27. The molecule has 0 spiro atoms. The number of carbonyl (C=O) groups excluding carboxylic acids is 1. The summed E-state index contributed by atoms with van der Waals surface area (Å²) in [6.07, 6.45) is 2.51. The summed E-state index contributed by atoms with van der Waals surface area (Å²) in [4.78, 5) is 15.1. The smallest absolute Gasteiger partial charge is 0.251 e. The molecule has 1 heterocycles. The second-order valence-electron chi connectivity index (χ2n) is 7.38. The number of methoxy groups -OCH3 is 2. The van der Waals surface area contributed by atoms with Crippen molar-refractivity contribution in [2.24, 2.45) is 5.92 Å². The first-order valence-corrected chi connectivity index (χ1v) is 9.52. The summed E-state index contributed by atoms with van der Waals surface area (Å²) < 4.78 is 11.3. The van der Waals surface area contributed by atoms with Crippen LogP contribution in [0, 0.1) is 5.92 Å². The van der Waals surface area contributed by atoms with Crippen molar-refractivity contribution in [3.63, 3.8) is 0 Å². The Morgan fingerprint density at radius 1 is 1.32 bits per heavy atom. The van der Waals surface area contributed by atoms with Crippen LogP contribution in [0.2, 0.25) is 0 Å². The van der Waals surface area contributed by atoms with Crippen LogP contribution in [0.3, 0.4) is 0 Å². The van der Waals surface area contributed by atoms with Crippen LogP contribution in [-0.4, -0.2) is 50.2 Å². The monoisotopic (exact) mass is 412 g/mol. The van der Waals surface area contributed by atoms with Crippen LogP contribution in [0.25, 0.3) is 0 Å². The largest absolute Gasteiger partial charge is 0.495 e. The third-order valence-electron chi connectivity index (χ3n) is 4.90. The minimum atomic E-state index is -0.123. The minimum absolute atomic E-state index is 0.0755. The number of nitrogens with one attached hydrogen (secondary N) is 1. The zero-order valence-corrected chi connectivity index (χ0v) is 17.4. The zero-order valence-electron chi connectivity index (χ0n) is 15.8. The number of ether oxygens (including phenoxy) is 2. The average molecular weight is 413 g/mol. The Morgan fingerprint density at radius 3 is 2.44 bits per heavy atom. The van der Waals surface area contributed by atoms with Gasteiger partial charge in [0, 0.05) is 24.2 Å². The lowest BCUT2D eigenvalue weighted by Crippen LogP contribution is -2.54. The van der Waals surface area contributed by atoms with Crippen LogP contribution in [-0.2, 0) is 0 Å². The summed E-state index contributed by atoms with van der Waals surface area (Å²) in [5, 5.41) is 3.07. The van der Waals surface area contributed by atoms with E-state index in [-0.39, 0.29) is 11.4 Å². The SMILES string of the molecule is COc1cc(C(=O)NCC(C)(C)N2CCCC(C)C2)cc(OC)c1Br. The highest BCUT2D eigenvalue weighted by atomic mass is 79.9. The lowest BCUT2D eigenvalue weighted by molar-refractivity contribution is 0.0657. The van der Waals surface area contributed by atoms with E-state index in [1.165, 1.54) is 12.8 Å². The first-order chi connectivity index (χ1) is 11.8. The summed E-state index contributed by atoms with van der Waals surface area (Å²) in [6.45, 7) is 9.44. The Kier molecular flexibility index (Phi) is 6.74. The highest BCUT2D eigenvalue weighted by molar-refractivity contribution is 9.10. The van der Waals surface area contributed by atoms with Gasteiger partial charge in [-0.25, -0.2) is 0 Å². The van der Waals surface area contributed by atoms with Gasteiger partial charge in [-0.2, -0.15) is 0 Å². The van der Waals surface area contributed by atoms with Crippen LogP contribution in [0.4, 0.5) is 0 Å². The summed E-state index contributed by atoms with van der Waals surface area (Å²) in [7, 11) is 3.14. The Balaban J connectivity index is 2.06. The van der Waals surface area contributed by atoms with Gasteiger partial charge < -0.3 is 14.8 Å². The summed E-state index contributed by atoms with van der Waals surface area (Å²) in [5.74, 6) is 1.74. The quantitative estimate of drug-likeness (QED) is 0.773. The van der Waals surface area contributed by atoms with Gasteiger partial charge in [0.15, 0.2) is 0 Å². The van der Waals surface area contributed by atoms with E-state index in [1.807, 2.05) is 0 Å². The number of piperidine rings is 1. The minimum Gasteiger partial charge on any atom is -0.495 e. The number of carbonyl (C=O) groups is 1. The normalized spacial score (nSPS) is 18.7. The summed E-state index contributed by atoms with van der Waals surface area (Å²) in [5.41, 5.74) is 0.452. The van der Waals surface area contributed by atoms with Gasteiger partial charge in [0.1, 0.15) is 16.0 Å². The summed E-state index contributed by atoms with van der Waals surface area (Å²) in [6, 6.07) is 3.44. The number of amides is 1. The van der Waals surface area contributed by atoms with E-state index in [0.717, 1.165) is 13.1 Å². The van der Waals surface area contributed by atoms with E-state index in [2.05, 4.69) is 46.9 Å². The van der Waals surface area contributed by atoms with Crippen LogP contribution >= 0.6 is 15.9 Å². The lowest BCUT2D eigenvalue weighted by Gasteiger charge is -2.43. The third-order valence-corrected chi connectivity index (χ3v) is 5.68. The van der Waals surface area contributed by atoms with Crippen molar-refractivity contribution in [3.8, 4) is 11.5 Å². The summed E-state index contributed by atoms with van der Waals surface area (Å²) >= 11 is 3.42. The average Bonchev–Trinajstić information content (AvgIpc) is 2.60. The van der Waals surface area contributed by atoms with E-state index in [1.54, 1.807) is 26.4 Å². The Bertz CT molecular complexity index is 594. The van der Waals surface area contributed by atoms with Crippen molar-refractivity contribution in [2.45, 2.75) is 39.2 Å². The van der Waals surface area contributed by atoms with Gasteiger partial charge in [0.2, 0.25) is 0 Å². The van der Waals surface area contributed by atoms with Crippen LogP contribution in [0.15, 0.2) is 16.6 Å². The zero-order chi connectivity index (χ0) is 18.6. The molecule has 1 aromatic rings. The molecule has 6 heteroatoms. The van der Waals surface area contributed by atoms with E-state index in [0.29, 0.717) is 34.0 Å². The fourth-order valence-electron chi connectivity index (χ4n) is 3.25. The molecule has 1 amide bonds. The highest BCUT2D eigenvalue weighted by Gasteiger charge is 2.30. The molecule has 0 saturated carbocycles. The molecule has 1 aliphatic rings. The van der Waals surface area contributed by atoms with E-state index in [4.69, 9.17) is 9.47 Å². The molecule has 1 saturated heterocycles. The molecule has 1 N–H and O–H groups in total. The van der Waals surface area contributed by atoms with E-state index < -0.39 is 0 Å². The highest BCUT2D eigenvalue weighted by Crippen LogP contribution is 2.35. The lowest BCUT2D eigenvalue weighted by atomic mass is 9.93. The Morgan fingerprint density at radius 2 is 1.92 bits per heavy atom. The second-order valence-corrected chi connectivity index (χ2v) is 8.18. The molecule has 140 valence electrons. The van der Waals surface area contributed by atoms with Gasteiger partial charge in [0.25, 0.3) is 5.91 Å². The van der Waals surface area contributed by atoms with E-state index >= 15 is 0 Å². The van der Waals surface area contributed by atoms with E-state index in [9.17, 15) is 4.79 Å². The number of hydrogen-bond donors (Lipinski definition) is 1. The predicted octanol–water partition coefficient (Wildman–Crippen LogP) is 3.71. The van der Waals surface area contributed by atoms with Crippen molar-refractivity contribution in [2.75, 3.05) is 33.9 Å². The molecule has 1 aliphatic heterocycles. The van der Waals surface area contributed by atoms with Crippen molar-refractivity contribution >= 4 is 21.8 Å². The standard InChI is InChI=1S/C19H29BrN2O3/c1-13-7-6-8-22(11-13)19(2,3)12-21-18(23)14-9-15(24-4)17(20)16(10-14)25-5/h9-10,13H,6-8,11-12H2,1-5H3,(H,21,23). The number of benzene rings is 1. The molecule has 1 fully saturated rings. The number of hydrogen-bond acceptors (Lipinski definition) is 4. The first kappa shape index (κ1) is 20.0. The molecule has 5 nitrogen and oxygen atoms in total. The fourth-order valence-corrected chi connectivity index (χ4v) is 3.80. The molecule has 1 aromatic carbocycles. The van der Waals surface area contributed by atoms with Gasteiger partial charge >= 0.3 is 0 Å². The number of rotatable bonds is 6. The molecular weight excluding hydrogens is 384 g/mol. The fraction of sp³-hybridized carbons (Fsp3) is 0.632. The van der Waals surface area contributed by atoms with Crippen molar-refractivity contribution < 1.29 is 14.3 Å². The second kappa shape index (κ2) is 8.41. The molecule has 0 aliphatic carbocycles. The topological polar surface area (TPSA) is 50.8 Å². The maximum Gasteiger partial charge on any atom is 0.251 e. The Labute approximate surface area is 159 Å². The van der Waals surface area contributed by atoms with Gasteiger partial charge in [-0.1, -0.05) is 6.92 Å².